The third-order valence-electron chi connectivity index (χ3n) is 4.81. The van der Waals surface area contributed by atoms with Crippen LogP contribution in [0.25, 0.3) is 0 Å². The second kappa shape index (κ2) is 7.75. The predicted molar refractivity (Wildman–Crippen MR) is 112 cm³/mol. The number of benzene rings is 2. The van der Waals surface area contributed by atoms with Gasteiger partial charge in [0.05, 0.1) is 22.7 Å². The van der Waals surface area contributed by atoms with Gasteiger partial charge < -0.3 is 0 Å². The summed E-state index contributed by atoms with van der Waals surface area (Å²) in [6.07, 6.45) is 1.39. The summed E-state index contributed by atoms with van der Waals surface area (Å²) < 4.78 is 42.5. The maximum Gasteiger partial charge on any atom is 0.280 e. The molecule has 7 nitrogen and oxygen atoms in total. The Bertz CT molecular complexity index is 1310. The standard InChI is InChI=1S/C21H15ClFN3O4S/c1-12-9-14(22)5-7-17(12)25-31(29,30)18-10-15(23)6-4-13(18)11-26-20(27)16-3-2-8-24-19(16)21(26)28/h2-10,25H,11H2,1H3. The summed E-state index contributed by atoms with van der Waals surface area (Å²) in [5.74, 6) is -2.02. The van der Waals surface area contributed by atoms with Crippen molar-refractivity contribution in [2.45, 2.75) is 18.4 Å². The Morgan fingerprint density at radius 1 is 1.10 bits per heavy atom. The van der Waals surface area contributed by atoms with Gasteiger partial charge in [-0.05, 0) is 60.5 Å². The van der Waals surface area contributed by atoms with Gasteiger partial charge in [0.1, 0.15) is 11.5 Å². The maximum atomic E-state index is 14.0. The number of aryl methyl sites for hydroxylation is 1. The van der Waals surface area contributed by atoms with Crippen molar-refractivity contribution in [1.82, 2.24) is 9.88 Å². The Hall–Kier alpha value is -3.30. The fraction of sp³-hybridized carbons (Fsp3) is 0.0952. The number of sulfonamides is 1. The Morgan fingerprint density at radius 2 is 1.87 bits per heavy atom. The molecule has 1 N–H and O–H groups in total. The molecular formula is C21H15ClFN3O4S. The molecular weight excluding hydrogens is 445 g/mol. The van der Waals surface area contributed by atoms with Crippen LogP contribution in [0, 0.1) is 12.7 Å². The zero-order valence-corrected chi connectivity index (χ0v) is 17.7. The molecule has 1 aromatic heterocycles. The lowest BCUT2D eigenvalue weighted by molar-refractivity contribution is 0.0639. The first-order valence-corrected chi connectivity index (χ1v) is 10.9. The molecule has 2 aromatic carbocycles. The van der Waals surface area contributed by atoms with Crippen LogP contribution in [0.2, 0.25) is 5.02 Å². The van der Waals surface area contributed by atoms with Gasteiger partial charge >= 0.3 is 0 Å². The normalized spacial score (nSPS) is 13.5. The van der Waals surface area contributed by atoms with Crippen molar-refractivity contribution in [2.75, 3.05) is 4.72 Å². The number of fused-ring (bicyclic) bond motifs is 1. The zero-order valence-electron chi connectivity index (χ0n) is 16.1. The van der Waals surface area contributed by atoms with Crippen LogP contribution < -0.4 is 4.72 Å². The summed E-state index contributed by atoms with van der Waals surface area (Å²) in [5, 5.41) is 0.436. The van der Waals surface area contributed by atoms with E-state index in [2.05, 4.69) is 9.71 Å². The average Bonchev–Trinajstić information content (AvgIpc) is 2.96. The number of anilines is 1. The van der Waals surface area contributed by atoms with E-state index in [1.54, 1.807) is 13.0 Å². The summed E-state index contributed by atoms with van der Waals surface area (Å²) in [7, 11) is -4.24. The van der Waals surface area contributed by atoms with Crippen LogP contribution in [0.3, 0.4) is 0 Å². The number of halogens is 2. The molecule has 158 valence electrons. The third-order valence-corrected chi connectivity index (χ3v) is 6.49. The SMILES string of the molecule is Cc1cc(Cl)ccc1NS(=O)(=O)c1cc(F)ccc1CN1C(=O)c2cccnc2C1=O. The van der Waals surface area contributed by atoms with E-state index < -0.39 is 27.7 Å². The highest BCUT2D eigenvalue weighted by atomic mass is 35.5. The molecule has 0 spiro atoms. The van der Waals surface area contributed by atoms with Crippen LogP contribution in [-0.4, -0.2) is 30.1 Å². The number of carbonyl (C=O) groups excluding carboxylic acids is 2. The van der Waals surface area contributed by atoms with Crippen molar-refractivity contribution in [3.63, 3.8) is 0 Å². The number of pyridine rings is 1. The average molecular weight is 460 g/mol. The van der Waals surface area contributed by atoms with Crippen LogP contribution >= 0.6 is 11.6 Å². The lowest BCUT2D eigenvalue weighted by atomic mass is 10.2. The van der Waals surface area contributed by atoms with Gasteiger partial charge in [-0.3, -0.25) is 24.2 Å². The van der Waals surface area contributed by atoms with E-state index in [0.29, 0.717) is 10.6 Å². The molecule has 0 fully saturated rings. The summed E-state index contributed by atoms with van der Waals surface area (Å²) in [4.78, 5) is 29.6. The highest BCUT2D eigenvalue weighted by molar-refractivity contribution is 7.92. The van der Waals surface area contributed by atoms with Gasteiger partial charge in [0.15, 0.2) is 0 Å². The first kappa shape index (κ1) is 21.0. The highest BCUT2D eigenvalue weighted by Crippen LogP contribution is 2.28. The van der Waals surface area contributed by atoms with E-state index in [1.807, 2.05) is 0 Å². The molecule has 10 heteroatoms. The van der Waals surface area contributed by atoms with Gasteiger partial charge in [0, 0.05) is 11.2 Å². The fourth-order valence-electron chi connectivity index (χ4n) is 3.28. The van der Waals surface area contributed by atoms with Crippen molar-refractivity contribution in [2.24, 2.45) is 0 Å². The van der Waals surface area contributed by atoms with Gasteiger partial charge in [0.2, 0.25) is 0 Å². The molecule has 0 bridgehead atoms. The number of carbonyl (C=O) groups is 2. The number of aromatic nitrogens is 1. The molecule has 3 aromatic rings. The molecule has 2 heterocycles. The minimum atomic E-state index is -4.24. The monoisotopic (exact) mass is 459 g/mol. The van der Waals surface area contributed by atoms with E-state index in [0.717, 1.165) is 17.0 Å². The Morgan fingerprint density at radius 3 is 2.58 bits per heavy atom. The van der Waals surface area contributed by atoms with Crippen LogP contribution in [0.4, 0.5) is 10.1 Å². The summed E-state index contributed by atoms with van der Waals surface area (Å²) in [5.41, 5.74) is 1.04. The summed E-state index contributed by atoms with van der Waals surface area (Å²) in [6.45, 7) is 1.31. The zero-order chi connectivity index (χ0) is 22.3. The van der Waals surface area contributed by atoms with E-state index in [9.17, 15) is 22.4 Å². The summed E-state index contributed by atoms with van der Waals surface area (Å²) >= 11 is 5.91. The van der Waals surface area contributed by atoms with Crippen molar-refractivity contribution < 1.29 is 22.4 Å². The van der Waals surface area contributed by atoms with Gasteiger partial charge in [-0.2, -0.15) is 0 Å². The molecule has 0 saturated heterocycles. The van der Waals surface area contributed by atoms with Crippen molar-refractivity contribution >= 4 is 39.1 Å². The van der Waals surface area contributed by atoms with Crippen molar-refractivity contribution in [3.05, 3.63) is 88.0 Å². The molecule has 1 aliphatic rings. The highest BCUT2D eigenvalue weighted by Gasteiger charge is 2.37. The number of rotatable bonds is 5. The van der Waals surface area contributed by atoms with Gasteiger partial charge in [-0.15, -0.1) is 0 Å². The molecule has 0 unspecified atom stereocenters. The van der Waals surface area contributed by atoms with Gasteiger partial charge in [-0.1, -0.05) is 17.7 Å². The maximum absolute atomic E-state index is 14.0. The fourth-order valence-corrected chi connectivity index (χ4v) is 4.88. The Balaban J connectivity index is 1.70. The number of hydrogen-bond donors (Lipinski definition) is 1. The first-order valence-electron chi connectivity index (χ1n) is 9.06. The van der Waals surface area contributed by atoms with E-state index in [-0.39, 0.29) is 33.9 Å². The van der Waals surface area contributed by atoms with Crippen molar-refractivity contribution in [3.8, 4) is 0 Å². The minimum absolute atomic E-state index is 0.00562. The Kier molecular flexibility index (Phi) is 5.24. The molecule has 31 heavy (non-hydrogen) atoms. The Labute approximate surface area is 182 Å². The van der Waals surface area contributed by atoms with E-state index >= 15 is 0 Å². The second-order valence-electron chi connectivity index (χ2n) is 6.91. The molecule has 4 rings (SSSR count). The predicted octanol–water partition coefficient (Wildman–Crippen LogP) is 3.78. The minimum Gasteiger partial charge on any atom is -0.279 e. The lowest BCUT2D eigenvalue weighted by Crippen LogP contribution is -2.30. The second-order valence-corrected chi connectivity index (χ2v) is 9.00. The lowest BCUT2D eigenvalue weighted by Gasteiger charge is -2.18. The van der Waals surface area contributed by atoms with E-state index in [4.69, 9.17) is 11.6 Å². The van der Waals surface area contributed by atoms with Crippen LogP contribution in [-0.2, 0) is 16.6 Å². The molecule has 2 amide bonds. The summed E-state index contributed by atoms with van der Waals surface area (Å²) in [6, 6.07) is 10.7. The number of amides is 2. The largest absolute Gasteiger partial charge is 0.280 e. The molecule has 0 atom stereocenters. The number of imide groups is 1. The van der Waals surface area contributed by atoms with Gasteiger partial charge in [0.25, 0.3) is 21.8 Å². The van der Waals surface area contributed by atoms with Gasteiger partial charge in [-0.25, -0.2) is 12.8 Å². The number of hydrogen-bond acceptors (Lipinski definition) is 5. The molecule has 0 aliphatic carbocycles. The van der Waals surface area contributed by atoms with Crippen LogP contribution in [0.5, 0.6) is 0 Å². The molecule has 0 saturated carbocycles. The number of nitrogens with one attached hydrogen (secondary N) is 1. The first-order chi connectivity index (χ1) is 14.7. The van der Waals surface area contributed by atoms with Crippen LogP contribution in [0.15, 0.2) is 59.6 Å². The number of nitrogens with zero attached hydrogens (tertiary/aromatic N) is 2. The topological polar surface area (TPSA) is 96.4 Å². The van der Waals surface area contributed by atoms with Crippen LogP contribution in [0.1, 0.15) is 32.0 Å². The third kappa shape index (κ3) is 3.89. The van der Waals surface area contributed by atoms with E-state index in [1.165, 1.54) is 36.5 Å². The molecule has 1 aliphatic heterocycles. The smallest absolute Gasteiger partial charge is 0.279 e. The quantitative estimate of drug-likeness (QED) is 0.586. The van der Waals surface area contributed by atoms with Crippen molar-refractivity contribution in [1.29, 1.82) is 0 Å². The molecule has 0 radical (unpaired) electrons.